The number of carbonyl (C=O) groups excluding carboxylic acids is 1. The Balaban J connectivity index is 2.15. The van der Waals surface area contributed by atoms with E-state index in [1.54, 1.807) is 6.07 Å². The summed E-state index contributed by atoms with van der Waals surface area (Å²) in [6.07, 6.45) is 1.41. The van der Waals surface area contributed by atoms with E-state index in [4.69, 9.17) is 11.6 Å². The number of hydrogen-bond donors (Lipinski definition) is 0. The van der Waals surface area contributed by atoms with E-state index in [1.807, 2.05) is 33.8 Å². The molecule has 0 bridgehead atoms. The summed E-state index contributed by atoms with van der Waals surface area (Å²) >= 11 is 6.02. The Kier molecular flexibility index (Phi) is 3.52. The largest absolute Gasteiger partial charge is 0.293 e. The van der Waals surface area contributed by atoms with Crippen LogP contribution in [0.15, 0.2) is 12.1 Å². The van der Waals surface area contributed by atoms with Crippen LogP contribution in [0, 0.1) is 20.8 Å². The number of aryl methyl sites for hydroxylation is 4. The van der Waals surface area contributed by atoms with Crippen LogP contribution in [0.25, 0.3) is 0 Å². The summed E-state index contributed by atoms with van der Waals surface area (Å²) in [4.78, 5) is 26.3. The first kappa shape index (κ1) is 15.1. The van der Waals surface area contributed by atoms with Gasteiger partial charge in [-0.3, -0.25) is 4.79 Å². The normalized spacial score (nSPS) is 20.9. The molecule has 5 heteroatoms. The Morgan fingerprint density at radius 1 is 1.14 bits per heavy atom. The molecular formula is C17H18ClN3O. The fraction of sp³-hybridized carbons (Fsp3) is 0.412. The lowest BCUT2D eigenvalue weighted by atomic mass is 9.70. The molecule has 1 aliphatic rings. The van der Waals surface area contributed by atoms with Crippen LogP contribution in [0.4, 0.5) is 0 Å². The number of halogens is 1. The fourth-order valence-corrected chi connectivity index (χ4v) is 3.45. The maximum Gasteiger partial charge on any atom is 0.176 e. The summed E-state index contributed by atoms with van der Waals surface area (Å²) in [7, 11) is 0. The zero-order valence-corrected chi connectivity index (χ0v) is 14.0. The molecule has 0 spiro atoms. The molecule has 4 nitrogen and oxygen atoms in total. The Bertz CT molecular complexity index is 767. The van der Waals surface area contributed by atoms with Gasteiger partial charge in [0.2, 0.25) is 0 Å². The van der Waals surface area contributed by atoms with Crippen LogP contribution in [-0.2, 0) is 11.8 Å². The average Bonchev–Trinajstić information content (AvgIpc) is 2.41. The quantitative estimate of drug-likeness (QED) is 0.755. The van der Waals surface area contributed by atoms with Gasteiger partial charge in [0.25, 0.3) is 0 Å². The molecule has 0 saturated heterocycles. The molecule has 2 aromatic heterocycles. The van der Waals surface area contributed by atoms with E-state index in [0.717, 1.165) is 29.1 Å². The topological polar surface area (TPSA) is 55.7 Å². The Morgan fingerprint density at radius 2 is 1.86 bits per heavy atom. The van der Waals surface area contributed by atoms with E-state index in [2.05, 4.69) is 15.0 Å². The van der Waals surface area contributed by atoms with Crippen LogP contribution in [-0.4, -0.2) is 20.7 Å². The van der Waals surface area contributed by atoms with Crippen molar-refractivity contribution in [3.63, 3.8) is 0 Å². The lowest BCUT2D eigenvalue weighted by molar-refractivity contribution is 0.0869. The van der Waals surface area contributed by atoms with Gasteiger partial charge in [0, 0.05) is 11.3 Å². The highest BCUT2D eigenvalue weighted by molar-refractivity contribution is 6.29. The van der Waals surface area contributed by atoms with Crippen LogP contribution >= 0.6 is 11.6 Å². The SMILES string of the molecule is Cc1cc(C2(C)CCc3nc(Cl)cc(C)c3C2=O)nc(C)n1. The van der Waals surface area contributed by atoms with Crippen molar-refractivity contribution in [1.29, 1.82) is 0 Å². The molecule has 3 rings (SSSR count). The molecule has 22 heavy (non-hydrogen) atoms. The maximum absolute atomic E-state index is 13.2. The van der Waals surface area contributed by atoms with Gasteiger partial charge in [-0.05, 0) is 58.2 Å². The van der Waals surface area contributed by atoms with Gasteiger partial charge >= 0.3 is 0 Å². The smallest absolute Gasteiger partial charge is 0.176 e. The first-order valence-corrected chi connectivity index (χ1v) is 7.72. The Labute approximate surface area is 135 Å². The third-order valence-corrected chi connectivity index (χ3v) is 4.58. The van der Waals surface area contributed by atoms with E-state index in [9.17, 15) is 4.79 Å². The minimum absolute atomic E-state index is 0.0768. The zero-order chi connectivity index (χ0) is 16.1. The maximum atomic E-state index is 13.2. The highest BCUT2D eigenvalue weighted by atomic mass is 35.5. The lowest BCUT2D eigenvalue weighted by Gasteiger charge is -2.33. The number of carbonyl (C=O) groups is 1. The summed E-state index contributed by atoms with van der Waals surface area (Å²) in [5.74, 6) is 0.772. The van der Waals surface area contributed by atoms with Gasteiger partial charge in [0.1, 0.15) is 11.0 Å². The monoisotopic (exact) mass is 315 g/mol. The van der Waals surface area contributed by atoms with E-state index in [0.29, 0.717) is 23.0 Å². The predicted octanol–water partition coefficient (Wildman–Crippen LogP) is 3.54. The van der Waals surface area contributed by atoms with Crippen molar-refractivity contribution in [2.45, 2.75) is 46.0 Å². The summed E-state index contributed by atoms with van der Waals surface area (Å²) < 4.78 is 0. The summed E-state index contributed by atoms with van der Waals surface area (Å²) in [5, 5.41) is 0.446. The second kappa shape index (κ2) is 5.13. The van der Waals surface area contributed by atoms with Gasteiger partial charge < -0.3 is 0 Å². The molecule has 2 heterocycles. The second-order valence-electron chi connectivity index (χ2n) is 6.19. The number of ketones is 1. The molecule has 0 N–H and O–H groups in total. The Hall–Kier alpha value is -1.81. The molecule has 2 aromatic rings. The highest BCUT2D eigenvalue weighted by Gasteiger charge is 2.42. The van der Waals surface area contributed by atoms with E-state index in [-0.39, 0.29) is 5.78 Å². The van der Waals surface area contributed by atoms with E-state index >= 15 is 0 Å². The minimum Gasteiger partial charge on any atom is -0.293 e. The number of rotatable bonds is 1. The van der Waals surface area contributed by atoms with Gasteiger partial charge in [0.05, 0.1) is 16.8 Å². The average molecular weight is 316 g/mol. The van der Waals surface area contributed by atoms with Crippen molar-refractivity contribution in [1.82, 2.24) is 15.0 Å². The van der Waals surface area contributed by atoms with Crippen LogP contribution < -0.4 is 0 Å². The highest BCUT2D eigenvalue weighted by Crippen LogP contribution is 2.38. The minimum atomic E-state index is -0.633. The summed E-state index contributed by atoms with van der Waals surface area (Å²) in [6.45, 7) is 7.66. The molecule has 1 atom stereocenters. The van der Waals surface area contributed by atoms with Crippen molar-refractivity contribution in [2.75, 3.05) is 0 Å². The fourth-order valence-electron chi connectivity index (χ4n) is 3.19. The molecular weight excluding hydrogens is 298 g/mol. The molecule has 0 aliphatic heterocycles. The van der Waals surface area contributed by atoms with Gasteiger partial charge in [-0.2, -0.15) is 0 Å². The number of Topliss-reactive ketones (excluding diaryl/α,β-unsaturated/α-hetero) is 1. The molecule has 0 radical (unpaired) electrons. The first-order chi connectivity index (χ1) is 10.3. The van der Waals surface area contributed by atoms with Crippen molar-refractivity contribution in [3.8, 4) is 0 Å². The van der Waals surface area contributed by atoms with Crippen LogP contribution in [0.1, 0.15) is 52.2 Å². The Morgan fingerprint density at radius 3 is 2.55 bits per heavy atom. The van der Waals surface area contributed by atoms with Gasteiger partial charge in [-0.1, -0.05) is 11.6 Å². The standard InChI is InChI=1S/C17H18ClN3O/c1-9-7-14(18)21-12-5-6-17(4,16(22)15(9)12)13-8-10(2)19-11(3)20-13/h7-8H,5-6H2,1-4H3. The van der Waals surface area contributed by atoms with Crippen LogP contribution in [0.3, 0.4) is 0 Å². The lowest BCUT2D eigenvalue weighted by Crippen LogP contribution is -2.39. The third kappa shape index (κ3) is 2.31. The van der Waals surface area contributed by atoms with Crippen molar-refractivity contribution >= 4 is 17.4 Å². The van der Waals surface area contributed by atoms with Gasteiger partial charge in [-0.15, -0.1) is 0 Å². The molecule has 1 aliphatic carbocycles. The molecule has 0 fully saturated rings. The summed E-state index contributed by atoms with van der Waals surface area (Å²) in [6, 6.07) is 3.66. The molecule has 0 aromatic carbocycles. The second-order valence-corrected chi connectivity index (χ2v) is 6.57. The van der Waals surface area contributed by atoms with E-state index in [1.165, 1.54) is 0 Å². The van der Waals surface area contributed by atoms with Crippen LogP contribution in [0.5, 0.6) is 0 Å². The van der Waals surface area contributed by atoms with Crippen molar-refractivity contribution < 1.29 is 4.79 Å². The molecule has 114 valence electrons. The number of fused-ring (bicyclic) bond motifs is 1. The number of aromatic nitrogens is 3. The number of nitrogens with zero attached hydrogens (tertiary/aromatic N) is 3. The number of hydrogen-bond acceptors (Lipinski definition) is 4. The van der Waals surface area contributed by atoms with Crippen molar-refractivity contribution in [3.05, 3.63) is 51.3 Å². The zero-order valence-electron chi connectivity index (χ0n) is 13.2. The first-order valence-electron chi connectivity index (χ1n) is 7.35. The van der Waals surface area contributed by atoms with Gasteiger partial charge in [-0.25, -0.2) is 15.0 Å². The predicted molar refractivity (Wildman–Crippen MR) is 85.5 cm³/mol. The molecule has 1 unspecified atom stereocenters. The van der Waals surface area contributed by atoms with E-state index < -0.39 is 5.41 Å². The van der Waals surface area contributed by atoms with Crippen molar-refractivity contribution in [2.24, 2.45) is 0 Å². The summed E-state index contributed by atoms with van der Waals surface area (Å²) in [5.41, 5.74) is 3.43. The number of pyridine rings is 1. The van der Waals surface area contributed by atoms with Gasteiger partial charge in [0.15, 0.2) is 5.78 Å². The molecule has 0 amide bonds. The van der Waals surface area contributed by atoms with Crippen LogP contribution in [0.2, 0.25) is 5.15 Å². The third-order valence-electron chi connectivity index (χ3n) is 4.38. The molecule has 0 saturated carbocycles.